The average molecular weight is 316 g/mol. The van der Waals surface area contributed by atoms with Crippen molar-refractivity contribution < 1.29 is 32.5 Å². The third-order valence-electron chi connectivity index (χ3n) is 3.05. The van der Waals surface area contributed by atoms with Crippen LogP contribution in [0.3, 0.4) is 0 Å². The van der Waals surface area contributed by atoms with Crippen LogP contribution in [0.2, 0.25) is 0 Å². The molecule has 1 aromatic rings. The van der Waals surface area contributed by atoms with Crippen LogP contribution in [0.25, 0.3) is 0 Å². The van der Waals surface area contributed by atoms with Crippen LogP contribution in [0, 0.1) is 0 Å². The molecule has 1 heterocycles. The molecule has 0 bridgehead atoms. The van der Waals surface area contributed by atoms with Gasteiger partial charge in [-0.15, -0.1) is 0 Å². The molecule has 2 rings (SSSR count). The minimum Gasteiger partial charge on any atom is -0.491 e. The quantitative estimate of drug-likeness (QED) is 0.844. The van der Waals surface area contributed by atoms with E-state index >= 15 is 0 Å². The maximum absolute atomic E-state index is 11.7. The van der Waals surface area contributed by atoms with Crippen LogP contribution >= 0.6 is 0 Å². The van der Waals surface area contributed by atoms with Crippen molar-refractivity contribution in [1.29, 1.82) is 0 Å². The topological polar surface area (TPSA) is 99.1 Å². The molecule has 1 aliphatic heterocycles. The Balaban J connectivity index is 2.15. The van der Waals surface area contributed by atoms with Crippen molar-refractivity contribution in [2.24, 2.45) is 0 Å². The van der Waals surface area contributed by atoms with E-state index in [-0.39, 0.29) is 30.5 Å². The largest absolute Gasteiger partial charge is 0.491 e. The Hall–Kier alpha value is -1.96. The fourth-order valence-corrected chi connectivity index (χ4v) is 2.50. The summed E-state index contributed by atoms with van der Waals surface area (Å²) in [6, 6.07) is 2.70. The first kappa shape index (κ1) is 15.4. The van der Waals surface area contributed by atoms with Crippen LogP contribution in [-0.2, 0) is 9.84 Å². The maximum Gasteiger partial charge on any atom is 0.339 e. The molecule has 7 nitrogen and oxygen atoms in total. The second-order valence-corrected chi connectivity index (χ2v) is 7.45. The van der Waals surface area contributed by atoms with Gasteiger partial charge in [0.15, 0.2) is 21.3 Å². The number of carboxylic acid groups (broad SMARTS) is 1. The molecule has 0 atom stereocenters. The van der Waals surface area contributed by atoms with Crippen molar-refractivity contribution in [3.63, 3.8) is 0 Å². The lowest BCUT2D eigenvalue weighted by molar-refractivity contribution is 0.0692. The standard InChI is InChI=1S/C13H16O7S/c1-8(2)21(16,17)4-3-18-10-6-12-11(19-7-20-12)5-9(10)13(14)15/h5-6,8H,3-4,7H2,1-2H3,(H,14,15). The van der Waals surface area contributed by atoms with Crippen molar-refractivity contribution in [1.82, 2.24) is 0 Å². The fourth-order valence-electron chi connectivity index (χ4n) is 1.71. The summed E-state index contributed by atoms with van der Waals surface area (Å²) in [5.41, 5.74) is -0.0961. The molecule has 0 radical (unpaired) electrons. The predicted molar refractivity (Wildman–Crippen MR) is 73.9 cm³/mol. The van der Waals surface area contributed by atoms with Gasteiger partial charge < -0.3 is 19.3 Å². The van der Waals surface area contributed by atoms with Gasteiger partial charge in [-0.2, -0.15) is 0 Å². The van der Waals surface area contributed by atoms with E-state index in [1.54, 1.807) is 13.8 Å². The third-order valence-corrected chi connectivity index (χ3v) is 5.22. The summed E-state index contributed by atoms with van der Waals surface area (Å²) in [5.74, 6) is -0.602. The number of fused-ring (bicyclic) bond motifs is 1. The summed E-state index contributed by atoms with van der Waals surface area (Å²) in [7, 11) is -3.24. The number of carbonyl (C=O) groups is 1. The van der Waals surface area contributed by atoms with E-state index in [9.17, 15) is 13.2 Å². The Kier molecular flexibility index (Phi) is 4.26. The molecular formula is C13H16O7S. The van der Waals surface area contributed by atoms with E-state index in [4.69, 9.17) is 19.3 Å². The molecular weight excluding hydrogens is 300 g/mol. The summed E-state index contributed by atoms with van der Waals surface area (Å²) in [5, 5.41) is 8.65. The molecule has 0 fully saturated rings. The summed E-state index contributed by atoms with van der Waals surface area (Å²) in [4.78, 5) is 11.2. The number of sulfone groups is 1. The number of benzene rings is 1. The molecule has 0 saturated heterocycles. The molecule has 8 heteroatoms. The molecule has 116 valence electrons. The van der Waals surface area contributed by atoms with Crippen molar-refractivity contribution in [2.45, 2.75) is 19.1 Å². The van der Waals surface area contributed by atoms with Gasteiger partial charge >= 0.3 is 5.97 Å². The van der Waals surface area contributed by atoms with Gasteiger partial charge in [-0.1, -0.05) is 0 Å². The summed E-state index contributed by atoms with van der Waals surface area (Å²) >= 11 is 0. The minimum atomic E-state index is -3.24. The zero-order chi connectivity index (χ0) is 15.6. The number of aromatic carboxylic acids is 1. The highest BCUT2D eigenvalue weighted by molar-refractivity contribution is 7.91. The monoisotopic (exact) mass is 316 g/mol. The molecule has 1 aromatic carbocycles. The minimum absolute atomic E-state index is 0.0135. The highest BCUT2D eigenvalue weighted by Crippen LogP contribution is 2.38. The van der Waals surface area contributed by atoms with E-state index in [0.717, 1.165) is 0 Å². The first-order valence-corrected chi connectivity index (χ1v) is 8.04. The summed E-state index contributed by atoms with van der Waals surface area (Å²) in [6.07, 6.45) is 0. The van der Waals surface area contributed by atoms with Gasteiger partial charge in [0.05, 0.1) is 11.0 Å². The third kappa shape index (κ3) is 3.38. The lowest BCUT2D eigenvalue weighted by Crippen LogP contribution is -2.22. The van der Waals surface area contributed by atoms with E-state index in [1.165, 1.54) is 12.1 Å². The molecule has 0 unspecified atom stereocenters. The van der Waals surface area contributed by atoms with Gasteiger partial charge in [0.2, 0.25) is 6.79 Å². The van der Waals surface area contributed by atoms with Crippen molar-refractivity contribution in [3.05, 3.63) is 17.7 Å². The van der Waals surface area contributed by atoms with E-state index in [2.05, 4.69) is 0 Å². The molecule has 0 aromatic heterocycles. The average Bonchev–Trinajstić information content (AvgIpc) is 2.84. The van der Waals surface area contributed by atoms with E-state index < -0.39 is 21.1 Å². The van der Waals surface area contributed by atoms with Crippen LogP contribution < -0.4 is 14.2 Å². The maximum atomic E-state index is 11.7. The van der Waals surface area contributed by atoms with Crippen LogP contribution in [0.4, 0.5) is 0 Å². The van der Waals surface area contributed by atoms with Crippen LogP contribution in [0.5, 0.6) is 17.2 Å². The number of hydrogen-bond acceptors (Lipinski definition) is 6. The van der Waals surface area contributed by atoms with Crippen LogP contribution in [0.1, 0.15) is 24.2 Å². The molecule has 0 amide bonds. The van der Waals surface area contributed by atoms with Gasteiger partial charge in [0, 0.05) is 12.1 Å². The lowest BCUT2D eigenvalue weighted by atomic mass is 10.2. The first-order valence-electron chi connectivity index (χ1n) is 6.32. The highest BCUT2D eigenvalue weighted by Gasteiger charge is 2.22. The number of rotatable bonds is 6. The Morgan fingerprint density at radius 3 is 2.52 bits per heavy atom. The Morgan fingerprint density at radius 2 is 1.95 bits per heavy atom. The second kappa shape index (κ2) is 5.80. The molecule has 0 saturated carbocycles. The normalized spacial score (nSPS) is 13.5. The number of hydrogen-bond donors (Lipinski definition) is 1. The van der Waals surface area contributed by atoms with Gasteiger partial charge in [0.1, 0.15) is 17.9 Å². The highest BCUT2D eigenvalue weighted by atomic mass is 32.2. The van der Waals surface area contributed by atoms with Crippen LogP contribution in [0.15, 0.2) is 12.1 Å². The molecule has 0 spiro atoms. The van der Waals surface area contributed by atoms with Crippen LogP contribution in [-0.4, -0.2) is 43.9 Å². The lowest BCUT2D eigenvalue weighted by Gasteiger charge is -2.11. The summed E-state index contributed by atoms with van der Waals surface area (Å²) in [6.45, 7) is 3.05. The Labute approximate surface area is 122 Å². The number of carboxylic acids is 1. The SMILES string of the molecule is CC(C)S(=O)(=O)CCOc1cc2c(cc1C(=O)O)OCO2. The van der Waals surface area contributed by atoms with Gasteiger partial charge in [-0.3, -0.25) is 0 Å². The number of ether oxygens (including phenoxy) is 3. The van der Waals surface area contributed by atoms with Gasteiger partial charge in [-0.25, -0.2) is 13.2 Å². The van der Waals surface area contributed by atoms with Crippen molar-refractivity contribution in [3.8, 4) is 17.2 Å². The van der Waals surface area contributed by atoms with Crippen molar-refractivity contribution >= 4 is 15.8 Å². The zero-order valence-corrected chi connectivity index (χ0v) is 12.5. The van der Waals surface area contributed by atoms with Gasteiger partial charge in [-0.05, 0) is 13.8 Å². The van der Waals surface area contributed by atoms with Crippen molar-refractivity contribution in [2.75, 3.05) is 19.2 Å². The molecule has 1 aliphatic rings. The first-order chi connectivity index (χ1) is 9.81. The molecule has 21 heavy (non-hydrogen) atoms. The smallest absolute Gasteiger partial charge is 0.339 e. The summed E-state index contributed by atoms with van der Waals surface area (Å²) < 4.78 is 38.9. The zero-order valence-electron chi connectivity index (χ0n) is 11.7. The fraction of sp³-hybridized carbons (Fsp3) is 0.462. The second-order valence-electron chi connectivity index (χ2n) is 4.77. The Morgan fingerprint density at radius 1 is 1.33 bits per heavy atom. The molecule has 1 N–H and O–H groups in total. The predicted octanol–water partition coefficient (Wildman–Crippen LogP) is 1.32. The van der Waals surface area contributed by atoms with Gasteiger partial charge in [0.25, 0.3) is 0 Å². The Bertz CT molecular complexity index is 649. The van der Waals surface area contributed by atoms with E-state index in [1.807, 2.05) is 0 Å². The van der Waals surface area contributed by atoms with E-state index in [0.29, 0.717) is 11.5 Å². The molecule has 0 aliphatic carbocycles.